The highest BCUT2D eigenvalue weighted by Crippen LogP contribution is 2.27. The maximum absolute atomic E-state index is 12.6. The van der Waals surface area contributed by atoms with E-state index in [9.17, 15) is 14.7 Å². The van der Waals surface area contributed by atoms with E-state index >= 15 is 0 Å². The third kappa shape index (κ3) is 3.25. The number of carboxylic acid groups (broad SMARTS) is 1. The summed E-state index contributed by atoms with van der Waals surface area (Å²) >= 11 is 0. The monoisotopic (exact) mass is 282 g/mol. The van der Waals surface area contributed by atoms with Crippen LogP contribution in [0.2, 0.25) is 0 Å². The van der Waals surface area contributed by atoms with E-state index in [2.05, 4.69) is 6.92 Å². The Balaban J connectivity index is 2.03. The minimum Gasteiger partial charge on any atom is -0.480 e. The van der Waals surface area contributed by atoms with Gasteiger partial charge in [-0.25, -0.2) is 9.59 Å². The molecule has 1 N–H and O–H groups in total. The van der Waals surface area contributed by atoms with Gasteiger partial charge in [0.2, 0.25) is 0 Å². The number of aliphatic carboxylic acids is 1. The number of likely N-dealkylation sites (tertiary alicyclic amines) is 1. The summed E-state index contributed by atoms with van der Waals surface area (Å²) in [5.41, 5.74) is 0. The van der Waals surface area contributed by atoms with E-state index in [1.807, 2.05) is 7.05 Å². The average molecular weight is 282 g/mol. The summed E-state index contributed by atoms with van der Waals surface area (Å²) in [5, 5.41) is 9.36. The molecule has 1 aliphatic carbocycles. The van der Waals surface area contributed by atoms with E-state index in [1.54, 1.807) is 9.80 Å². The summed E-state index contributed by atoms with van der Waals surface area (Å²) in [6, 6.07) is -0.474. The predicted molar refractivity (Wildman–Crippen MR) is 76.6 cm³/mol. The van der Waals surface area contributed by atoms with Crippen LogP contribution in [0.5, 0.6) is 0 Å². The van der Waals surface area contributed by atoms with E-state index in [0.717, 1.165) is 19.3 Å². The lowest BCUT2D eigenvalue weighted by Gasteiger charge is -2.41. The molecular weight excluding hydrogens is 256 g/mol. The van der Waals surface area contributed by atoms with Crippen LogP contribution in [0.25, 0.3) is 0 Å². The minimum absolute atomic E-state index is 0.101. The van der Waals surface area contributed by atoms with Crippen LogP contribution in [0, 0.1) is 5.92 Å². The van der Waals surface area contributed by atoms with Crippen LogP contribution in [-0.4, -0.2) is 52.6 Å². The number of hydrogen-bond donors (Lipinski definition) is 1. The van der Waals surface area contributed by atoms with Gasteiger partial charge in [-0.15, -0.1) is 0 Å². The highest BCUT2D eigenvalue weighted by Gasteiger charge is 2.37. The molecule has 2 atom stereocenters. The number of amides is 2. The van der Waals surface area contributed by atoms with Crippen LogP contribution >= 0.6 is 0 Å². The fourth-order valence-corrected chi connectivity index (χ4v) is 3.43. The van der Waals surface area contributed by atoms with Gasteiger partial charge < -0.3 is 14.9 Å². The summed E-state index contributed by atoms with van der Waals surface area (Å²) in [6.07, 6.45) is 7.14. The molecule has 20 heavy (non-hydrogen) atoms. The molecule has 0 bridgehead atoms. The van der Waals surface area contributed by atoms with Crippen LogP contribution in [0.15, 0.2) is 0 Å². The third-order valence-corrected chi connectivity index (χ3v) is 4.82. The Kier molecular flexibility index (Phi) is 4.89. The second-order valence-electron chi connectivity index (χ2n) is 6.36. The van der Waals surface area contributed by atoms with Crippen molar-refractivity contribution in [3.05, 3.63) is 0 Å². The number of nitrogens with zero attached hydrogens (tertiary/aromatic N) is 2. The van der Waals surface area contributed by atoms with E-state index < -0.39 is 12.0 Å². The van der Waals surface area contributed by atoms with Crippen LogP contribution in [-0.2, 0) is 4.79 Å². The lowest BCUT2D eigenvalue weighted by atomic mass is 9.92. The molecule has 0 aromatic carbocycles. The molecule has 2 aliphatic rings. The average Bonchev–Trinajstić information content (AvgIpc) is 2.46. The molecule has 2 amide bonds. The van der Waals surface area contributed by atoms with Gasteiger partial charge in [0.05, 0.1) is 0 Å². The van der Waals surface area contributed by atoms with Gasteiger partial charge in [-0.1, -0.05) is 26.2 Å². The Morgan fingerprint density at radius 3 is 2.40 bits per heavy atom. The molecule has 2 unspecified atom stereocenters. The topological polar surface area (TPSA) is 60.9 Å². The molecule has 1 saturated heterocycles. The summed E-state index contributed by atoms with van der Waals surface area (Å²) in [5.74, 6) is -0.498. The van der Waals surface area contributed by atoms with Gasteiger partial charge in [-0.3, -0.25) is 0 Å². The summed E-state index contributed by atoms with van der Waals surface area (Å²) in [6.45, 7) is 2.62. The molecule has 0 radical (unpaired) electrons. The van der Waals surface area contributed by atoms with Crippen molar-refractivity contribution in [2.75, 3.05) is 13.6 Å². The first kappa shape index (κ1) is 15.1. The Labute approximate surface area is 120 Å². The van der Waals surface area contributed by atoms with Gasteiger partial charge in [0.25, 0.3) is 0 Å². The number of urea groups is 1. The SMILES string of the molecule is CC1CCN(C(=O)N(C)C2CCCCC2)C(C(=O)O)C1. The zero-order valence-electron chi connectivity index (χ0n) is 12.5. The first-order valence-electron chi connectivity index (χ1n) is 7.77. The maximum atomic E-state index is 12.6. The molecule has 5 nitrogen and oxygen atoms in total. The van der Waals surface area contributed by atoms with Crippen molar-refractivity contribution < 1.29 is 14.7 Å². The molecule has 0 spiro atoms. The van der Waals surface area contributed by atoms with E-state index in [1.165, 1.54) is 19.3 Å². The fraction of sp³-hybridized carbons (Fsp3) is 0.867. The summed E-state index contributed by atoms with van der Waals surface area (Å²) in [7, 11) is 1.83. The third-order valence-electron chi connectivity index (χ3n) is 4.82. The largest absolute Gasteiger partial charge is 0.480 e. The van der Waals surface area contributed by atoms with Crippen molar-refractivity contribution in [1.82, 2.24) is 9.80 Å². The smallest absolute Gasteiger partial charge is 0.326 e. The van der Waals surface area contributed by atoms with Gasteiger partial charge in [-0.05, 0) is 31.6 Å². The molecule has 0 aromatic heterocycles. The second kappa shape index (κ2) is 6.46. The van der Waals surface area contributed by atoms with Gasteiger partial charge in [-0.2, -0.15) is 0 Å². The van der Waals surface area contributed by atoms with E-state index in [0.29, 0.717) is 18.9 Å². The molecule has 0 aromatic rings. The molecule has 1 saturated carbocycles. The first-order chi connectivity index (χ1) is 9.50. The Bertz CT molecular complexity index is 366. The van der Waals surface area contributed by atoms with Crippen molar-refractivity contribution in [2.24, 2.45) is 5.92 Å². The highest BCUT2D eigenvalue weighted by molar-refractivity contribution is 5.83. The Morgan fingerprint density at radius 2 is 1.80 bits per heavy atom. The van der Waals surface area contributed by atoms with Crippen molar-refractivity contribution in [2.45, 2.75) is 64.0 Å². The van der Waals surface area contributed by atoms with Crippen molar-refractivity contribution in [1.29, 1.82) is 0 Å². The van der Waals surface area contributed by atoms with Gasteiger partial charge in [0.1, 0.15) is 6.04 Å². The standard InChI is InChI=1S/C15H26N2O3/c1-11-8-9-17(13(10-11)14(18)19)15(20)16(2)12-6-4-3-5-7-12/h11-13H,3-10H2,1-2H3,(H,18,19). The molecule has 1 aliphatic heterocycles. The van der Waals surface area contributed by atoms with Crippen molar-refractivity contribution in [3.63, 3.8) is 0 Å². The minimum atomic E-state index is -0.873. The van der Waals surface area contributed by atoms with E-state index in [4.69, 9.17) is 0 Å². The van der Waals surface area contributed by atoms with E-state index in [-0.39, 0.29) is 12.1 Å². The number of hydrogen-bond acceptors (Lipinski definition) is 2. The second-order valence-corrected chi connectivity index (χ2v) is 6.36. The summed E-state index contributed by atoms with van der Waals surface area (Å²) in [4.78, 5) is 27.4. The van der Waals surface area contributed by atoms with Gasteiger partial charge in [0, 0.05) is 19.6 Å². The molecule has 5 heteroatoms. The predicted octanol–water partition coefficient (Wildman–Crippen LogP) is 2.56. The molecule has 2 fully saturated rings. The Morgan fingerprint density at radius 1 is 1.15 bits per heavy atom. The fourth-order valence-electron chi connectivity index (χ4n) is 3.43. The zero-order chi connectivity index (χ0) is 14.7. The number of carbonyl (C=O) groups excluding carboxylic acids is 1. The lowest BCUT2D eigenvalue weighted by molar-refractivity contribution is -0.144. The van der Waals surface area contributed by atoms with Crippen LogP contribution in [0.1, 0.15) is 51.9 Å². The zero-order valence-corrected chi connectivity index (χ0v) is 12.5. The van der Waals surface area contributed by atoms with Crippen LogP contribution < -0.4 is 0 Å². The number of piperidine rings is 1. The first-order valence-corrected chi connectivity index (χ1v) is 7.77. The lowest BCUT2D eigenvalue weighted by Crippen LogP contribution is -2.55. The number of carbonyl (C=O) groups is 2. The van der Waals surface area contributed by atoms with Crippen molar-refractivity contribution in [3.8, 4) is 0 Å². The molecule has 1 heterocycles. The molecule has 114 valence electrons. The quantitative estimate of drug-likeness (QED) is 0.846. The van der Waals surface area contributed by atoms with Crippen LogP contribution in [0.3, 0.4) is 0 Å². The summed E-state index contributed by atoms with van der Waals surface area (Å²) < 4.78 is 0. The molecule has 2 rings (SSSR count). The Hall–Kier alpha value is -1.26. The van der Waals surface area contributed by atoms with Gasteiger partial charge >= 0.3 is 12.0 Å². The maximum Gasteiger partial charge on any atom is 0.326 e. The molecular formula is C15H26N2O3. The van der Waals surface area contributed by atoms with Crippen LogP contribution in [0.4, 0.5) is 4.79 Å². The van der Waals surface area contributed by atoms with Gasteiger partial charge in [0.15, 0.2) is 0 Å². The number of rotatable bonds is 2. The highest BCUT2D eigenvalue weighted by atomic mass is 16.4. The van der Waals surface area contributed by atoms with Crippen molar-refractivity contribution >= 4 is 12.0 Å². The normalized spacial score (nSPS) is 28.2. The number of carboxylic acids is 1.